The summed E-state index contributed by atoms with van der Waals surface area (Å²) in [5, 5.41) is 11.8. The minimum absolute atomic E-state index is 0. The van der Waals surface area contributed by atoms with E-state index < -0.39 is 12.7 Å². The summed E-state index contributed by atoms with van der Waals surface area (Å²) in [6.45, 7) is 18.8. The van der Waals surface area contributed by atoms with Crippen molar-refractivity contribution in [1.82, 2.24) is 14.5 Å². The molecule has 0 aliphatic heterocycles. The van der Waals surface area contributed by atoms with Gasteiger partial charge in [0.15, 0.2) is 0 Å². The zero-order valence-electron chi connectivity index (χ0n) is 40.7. The second-order valence-electron chi connectivity index (χ2n) is 18.4. The van der Waals surface area contributed by atoms with E-state index in [1.165, 1.54) is 5.56 Å². The van der Waals surface area contributed by atoms with Crippen molar-refractivity contribution in [3.05, 3.63) is 167 Å². The average molecular weight is 986 g/mol. The third-order valence-electron chi connectivity index (χ3n) is 11.5. The van der Waals surface area contributed by atoms with Gasteiger partial charge in [-0.1, -0.05) is 151 Å². The second-order valence-corrected chi connectivity index (χ2v) is 18.4. The summed E-state index contributed by atoms with van der Waals surface area (Å²) < 4.78 is 34.7. The Labute approximate surface area is 382 Å². The van der Waals surface area contributed by atoms with Crippen LogP contribution in [0.15, 0.2) is 128 Å². The molecule has 0 amide bonds. The maximum absolute atomic E-state index is 11.8. The van der Waals surface area contributed by atoms with Crippen LogP contribution in [0, 0.1) is 26.8 Å². The number of imidazole rings is 1. The molecule has 4 nitrogen and oxygen atoms in total. The fraction of sp³-hybridized carbons (Fsp3) is 0.250. The molecule has 8 rings (SSSR count). The summed E-state index contributed by atoms with van der Waals surface area (Å²) >= 11 is 0. The molecule has 5 heteroatoms. The summed E-state index contributed by atoms with van der Waals surface area (Å²) in [6, 6.07) is 44.2. The van der Waals surface area contributed by atoms with Gasteiger partial charge in [-0.2, -0.15) is 0 Å². The number of phenols is 1. The standard InChI is InChI=1S/C56H56N3O.Pt/c1-34(2)40-21-24-50(47(32-40)39-19-22-44(23-20-39)55(6,7)8)59-51-14-12-13-46(52(51)58-54(59)48-28-36(4)27-37(5)53(48)60)42-29-43(31-45(30-42)56(9,10)11)49-33-41(25-26-57-49)38-17-15-35(3)16-18-38;/h12-28,30-34,60H,1-11H3;/q-1;/i3D3,34D;. The van der Waals surface area contributed by atoms with Crippen molar-refractivity contribution >= 4 is 11.0 Å². The Hall–Kier alpha value is -5.57. The zero-order valence-corrected chi connectivity index (χ0v) is 39.0. The molecule has 2 aromatic heterocycles. The Kier molecular flexibility index (Phi) is 10.5. The molecule has 6 aromatic carbocycles. The van der Waals surface area contributed by atoms with E-state index in [2.05, 4.69) is 119 Å². The van der Waals surface area contributed by atoms with Gasteiger partial charge in [-0.25, -0.2) is 4.98 Å². The van der Waals surface area contributed by atoms with Gasteiger partial charge in [0.2, 0.25) is 0 Å². The summed E-state index contributed by atoms with van der Waals surface area (Å²) in [5.41, 5.74) is 15.2. The van der Waals surface area contributed by atoms with Gasteiger partial charge in [-0.05, 0) is 107 Å². The van der Waals surface area contributed by atoms with Gasteiger partial charge < -0.3 is 5.11 Å². The smallest absolute Gasteiger partial charge is 0.148 e. The van der Waals surface area contributed by atoms with E-state index in [0.29, 0.717) is 17.0 Å². The number of hydrogen-bond acceptors (Lipinski definition) is 3. The summed E-state index contributed by atoms with van der Waals surface area (Å²) in [4.78, 5) is 10.3. The fourth-order valence-corrected chi connectivity index (χ4v) is 8.00. The Morgan fingerprint density at radius 2 is 1.36 bits per heavy atom. The van der Waals surface area contributed by atoms with Gasteiger partial charge in [-0.15, -0.1) is 29.3 Å². The molecule has 8 aromatic rings. The normalized spacial score (nSPS) is 13.3. The van der Waals surface area contributed by atoms with E-state index in [4.69, 9.17) is 15.5 Å². The third-order valence-corrected chi connectivity index (χ3v) is 11.5. The molecule has 1 N–H and O–H groups in total. The van der Waals surface area contributed by atoms with E-state index in [1.54, 1.807) is 18.3 Å². The molecule has 0 radical (unpaired) electrons. The second kappa shape index (κ2) is 16.7. The number of nitrogens with zero attached hydrogens (tertiary/aromatic N) is 3. The minimum atomic E-state index is -2.18. The number of hydrogen-bond donors (Lipinski definition) is 1. The van der Waals surface area contributed by atoms with E-state index in [9.17, 15) is 5.11 Å². The van der Waals surface area contributed by atoms with Gasteiger partial charge in [0.05, 0.1) is 22.3 Å². The molecule has 0 fully saturated rings. The summed E-state index contributed by atoms with van der Waals surface area (Å²) in [5.74, 6) is -0.0726. The molecule has 0 unspecified atom stereocenters. The first-order valence-electron chi connectivity index (χ1n) is 22.7. The Morgan fingerprint density at radius 3 is 2.03 bits per heavy atom. The summed E-state index contributed by atoms with van der Waals surface area (Å²) in [6.07, 6.45) is 1.78. The Morgan fingerprint density at radius 1 is 0.672 bits per heavy atom. The van der Waals surface area contributed by atoms with Crippen molar-refractivity contribution in [2.75, 3.05) is 0 Å². The molecule has 312 valence electrons. The quantitative estimate of drug-likeness (QED) is 0.162. The van der Waals surface area contributed by atoms with Gasteiger partial charge in [0.1, 0.15) is 11.6 Å². The number of aromatic nitrogens is 3. The van der Waals surface area contributed by atoms with E-state index in [-0.39, 0.29) is 37.6 Å². The molecule has 0 bridgehead atoms. The van der Waals surface area contributed by atoms with Crippen LogP contribution >= 0.6 is 0 Å². The average Bonchev–Trinajstić information content (AvgIpc) is 3.63. The van der Waals surface area contributed by atoms with Crippen LogP contribution in [0.1, 0.15) is 100 Å². The van der Waals surface area contributed by atoms with Gasteiger partial charge in [0, 0.05) is 44.0 Å². The molecule has 0 spiro atoms. The number of aromatic hydroxyl groups is 1. The van der Waals surface area contributed by atoms with E-state index >= 15 is 0 Å². The van der Waals surface area contributed by atoms with Gasteiger partial charge >= 0.3 is 0 Å². The molecule has 0 aliphatic carbocycles. The zero-order chi connectivity index (χ0) is 46.1. The SMILES string of the molecule is [2H]C([2H])([2H])c1ccc(-c2ccnc(-c3[c-]c(-c4cccc5c4nc(-c4cc(C)cc(C)c4O)n5-c4ccc(C([2H])(C)C)cc4-c4ccc(C(C)(C)C)cc4)cc(C(C)(C)C)c3)c2)cc1.[Pt]. The molecule has 0 atom stereocenters. The first kappa shape index (κ1) is 38.4. The van der Waals surface area contributed by atoms with Crippen LogP contribution in [0.2, 0.25) is 0 Å². The van der Waals surface area contributed by atoms with Crippen LogP contribution in [0.4, 0.5) is 0 Å². The number of phenolic OH excluding ortho intramolecular Hbond substituents is 1. The third kappa shape index (κ3) is 8.66. The molecule has 0 aliphatic rings. The largest absolute Gasteiger partial charge is 0.507 e. The fourth-order valence-electron chi connectivity index (χ4n) is 8.00. The van der Waals surface area contributed by atoms with Crippen LogP contribution in [0.5, 0.6) is 5.75 Å². The topological polar surface area (TPSA) is 50.9 Å². The van der Waals surface area contributed by atoms with Crippen LogP contribution in [-0.2, 0) is 31.9 Å². The predicted molar refractivity (Wildman–Crippen MR) is 252 cm³/mol. The first-order chi connectivity index (χ1) is 30.0. The van der Waals surface area contributed by atoms with Crippen molar-refractivity contribution in [3.63, 3.8) is 0 Å². The number of fused-ring (bicyclic) bond motifs is 1. The van der Waals surface area contributed by atoms with Crippen LogP contribution in [0.3, 0.4) is 0 Å². The van der Waals surface area contributed by atoms with Gasteiger partial charge in [0.25, 0.3) is 0 Å². The molecular weight excluding hydrogens is 926 g/mol. The number of rotatable bonds is 7. The predicted octanol–water partition coefficient (Wildman–Crippen LogP) is 14.9. The van der Waals surface area contributed by atoms with Crippen molar-refractivity contribution < 1.29 is 31.7 Å². The molecule has 0 saturated carbocycles. The van der Waals surface area contributed by atoms with E-state index in [0.717, 1.165) is 83.6 Å². The molecule has 61 heavy (non-hydrogen) atoms. The van der Waals surface area contributed by atoms with Crippen molar-refractivity contribution in [3.8, 4) is 67.5 Å². The maximum atomic E-state index is 11.8. The number of benzene rings is 6. The number of para-hydroxylation sites is 1. The Balaban J connectivity index is 0.00000630. The van der Waals surface area contributed by atoms with Crippen LogP contribution in [-0.4, -0.2) is 19.6 Å². The Bertz CT molecular complexity index is 3060. The van der Waals surface area contributed by atoms with Crippen LogP contribution < -0.4 is 0 Å². The maximum Gasteiger partial charge on any atom is 0.148 e. The minimum Gasteiger partial charge on any atom is -0.507 e. The first-order valence-corrected chi connectivity index (χ1v) is 20.7. The van der Waals surface area contributed by atoms with Crippen molar-refractivity contribution in [1.29, 1.82) is 0 Å². The molecule has 2 heterocycles. The number of pyridine rings is 1. The van der Waals surface area contributed by atoms with Crippen molar-refractivity contribution in [2.24, 2.45) is 0 Å². The molecular formula is C56H56N3OPt-. The van der Waals surface area contributed by atoms with Gasteiger partial charge in [-0.3, -0.25) is 9.55 Å². The molecule has 0 saturated heterocycles. The van der Waals surface area contributed by atoms with Crippen LogP contribution in [0.25, 0.3) is 72.7 Å². The van der Waals surface area contributed by atoms with Crippen molar-refractivity contribution in [2.45, 2.75) is 92.8 Å². The monoisotopic (exact) mass is 985 g/mol. The summed E-state index contributed by atoms with van der Waals surface area (Å²) in [7, 11) is 0. The number of aryl methyl sites for hydroxylation is 3. The van der Waals surface area contributed by atoms with E-state index in [1.807, 2.05) is 70.2 Å².